The number of ether oxygens (including phenoxy) is 1. The van der Waals surface area contributed by atoms with Gasteiger partial charge in [-0.05, 0) is 37.1 Å². The van der Waals surface area contributed by atoms with Crippen LogP contribution in [0.1, 0.15) is 12.8 Å². The van der Waals surface area contributed by atoms with Crippen molar-refractivity contribution in [3.63, 3.8) is 0 Å². The van der Waals surface area contributed by atoms with Gasteiger partial charge in [0.05, 0.1) is 34.6 Å². The summed E-state index contributed by atoms with van der Waals surface area (Å²) in [6.45, 7) is 2.21. The Labute approximate surface area is 201 Å². The Hall–Kier alpha value is -3.41. The average Bonchev–Trinajstić information content (AvgIpc) is 3.48. The quantitative estimate of drug-likeness (QED) is 0.478. The Bertz CT molecular complexity index is 1130. The summed E-state index contributed by atoms with van der Waals surface area (Å²) in [7, 11) is 0. The molecule has 0 aliphatic carbocycles. The zero-order valence-electron chi connectivity index (χ0n) is 18.9. The molecule has 2 amide bonds. The summed E-state index contributed by atoms with van der Waals surface area (Å²) in [4.78, 5) is 39.1. The third kappa shape index (κ3) is 4.75. The number of nitro benzene ring substituents is 1. The van der Waals surface area contributed by atoms with Gasteiger partial charge in [-0.2, -0.15) is 4.39 Å². The second kappa shape index (κ2) is 9.68. The Morgan fingerprint density at radius 3 is 2.74 bits per heavy atom. The summed E-state index contributed by atoms with van der Waals surface area (Å²) in [5.74, 6) is -2.57. The minimum absolute atomic E-state index is 0.0599. The van der Waals surface area contributed by atoms with Gasteiger partial charge in [0, 0.05) is 38.0 Å². The van der Waals surface area contributed by atoms with E-state index in [0.29, 0.717) is 31.9 Å². The Kier molecular flexibility index (Phi) is 6.46. The number of nitrogens with zero attached hydrogens (tertiary/aromatic N) is 3. The van der Waals surface area contributed by atoms with Crippen molar-refractivity contribution in [2.24, 2.45) is 11.8 Å². The molecule has 3 fully saturated rings. The molecule has 2 N–H and O–H groups in total. The van der Waals surface area contributed by atoms with Gasteiger partial charge in [-0.1, -0.05) is 18.2 Å². The predicted molar refractivity (Wildman–Crippen MR) is 125 cm³/mol. The van der Waals surface area contributed by atoms with Crippen LogP contribution in [0.25, 0.3) is 0 Å². The lowest BCUT2D eigenvalue weighted by atomic mass is 9.83. The molecule has 3 aliphatic rings. The maximum atomic E-state index is 13.8. The molecule has 10 nitrogen and oxygen atoms in total. The highest BCUT2D eigenvalue weighted by Gasteiger charge is 2.51. The van der Waals surface area contributed by atoms with Gasteiger partial charge < -0.3 is 10.1 Å². The van der Waals surface area contributed by atoms with Gasteiger partial charge in [0.25, 0.3) is 0 Å². The molecule has 0 spiro atoms. The summed E-state index contributed by atoms with van der Waals surface area (Å²) >= 11 is 0. The highest BCUT2D eigenvalue weighted by molar-refractivity contribution is 6.00. The predicted octanol–water partition coefficient (Wildman–Crippen LogP) is 2.32. The summed E-state index contributed by atoms with van der Waals surface area (Å²) in [5, 5.41) is 15.3. The molecular formula is C24H26FN5O5. The molecule has 184 valence electrons. The number of likely N-dealkylation sites (tertiary alicyclic amines) is 1. The van der Waals surface area contributed by atoms with Crippen LogP contribution in [-0.4, -0.2) is 60.0 Å². The number of rotatable bonds is 6. The van der Waals surface area contributed by atoms with Crippen LogP contribution in [0.3, 0.4) is 0 Å². The number of carbonyl (C=O) groups excluding carboxylic acids is 2. The number of benzene rings is 2. The van der Waals surface area contributed by atoms with E-state index in [1.807, 2.05) is 30.3 Å². The number of fused-ring (bicyclic) bond motifs is 1. The molecule has 4 atom stereocenters. The van der Waals surface area contributed by atoms with Gasteiger partial charge in [-0.15, -0.1) is 0 Å². The first-order chi connectivity index (χ1) is 16.9. The van der Waals surface area contributed by atoms with Crippen molar-refractivity contribution in [1.82, 2.24) is 10.3 Å². The third-order valence-corrected chi connectivity index (χ3v) is 6.84. The number of amides is 2. The van der Waals surface area contributed by atoms with Crippen molar-refractivity contribution >= 4 is 28.9 Å². The monoisotopic (exact) mass is 483 g/mol. The van der Waals surface area contributed by atoms with Crippen molar-refractivity contribution in [3.8, 4) is 0 Å². The molecule has 11 heteroatoms. The van der Waals surface area contributed by atoms with E-state index in [4.69, 9.17) is 4.74 Å². The largest absolute Gasteiger partial charge is 0.377 e. The van der Waals surface area contributed by atoms with E-state index in [9.17, 15) is 24.1 Å². The molecule has 35 heavy (non-hydrogen) atoms. The maximum Gasteiger partial charge on any atom is 0.306 e. The number of hydrogen-bond donors (Lipinski definition) is 2. The summed E-state index contributed by atoms with van der Waals surface area (Å²) in [5.41, 5.74) is 3.32. The molecule has 2 aromatic carbocycles. The molecule has 3 aliphatic heterocycles. The van der Waals surface area contributed by atoms with Crippen molar-refractivity contribution in [2.45, 2.75) is 25.0 Å². The van der Waals surface area contributed by atoms with Crippen LogP contribution in [0.5, 0.6) is 0 Å². The lowest BCUT2D eigenvalue weighted by molar-refractivity contribution is -0.387. The number of carbonyl (C=O) groups is 2. The highest BCUT2D eigenvalue weighted by Crippen LogP contribution is 2.33. The van der Waals surface area contributed by atoms with Gasteiger partial charge in [0.15, 0.2) is 0 Å². The summed E-state index contributed by atoms with van der Waals surface area (Å²) < 4.78 is 19.5. The number of halogens is 1. The number of piperidine rings is 1. The van der Waals surface area contributed by atoms with E-state index < -0.39 is 40.2 Å². The molecule has 0 saturated carbocycles. The fourth-order valence-corrected chi connectivity index (χ4v) is 5.14. The molecule has 2 aromatic rings. The Morgan fingerprint density at radius 1 is 1.23 bits per heavy atom. The van der Waals surface area contributed by atoms with Gasteiger partial charge >= 0.3 is 5.69 Å². The molecular weight excluding hydrogens is 457 g/mol. The van der Waals surface area contributed by atoms with Gasteiger partial charge in [-0.25, -0.2) is 10.4 Å². The molecule has 0 radical (unpaired) electrons. The minimum Gasteiger partial charge on any atom is -0.377 e. The van der Waals surface area contributed by atoms with E-state index >= 15 is 0 Å². The molecule has 0 bridgehead atoms. The van der Waals surface area contributed by atoms with E-state index in [2.05, 4.69) is 15.6 Å². The first-order valence-electron chi connectivity index (χ1n) is 11.6. The van der Waals surface area contributed by atoms with Crippen LogP contribution in [0, 0.1) is 27.8 Å². The first kappa shape index (κ1) is 23.3. The van der Waals surface area contributed by atoms with Crippen molar-refractivity contribution in [3.05, 3.63) is 64.5 Å². The van der Waals surface area contributed by atoms with Gasteiger partial charge in [0.2, 0.25) is 17.6 Å². The zero-order chi connectivity index (χ0) is 24.5. The zero-order valence-corrected chi connectivity index (χ0v) is 18.9. The normalized spacial score (nSPS) is 26.5. The number of nitrogens with one attached hydrogen (secondary N) is 2. The topological polar surface area (TPSA) is 117 Å². The number of anilines is 2. The highest BCUT2D eigenvalue weighted by atomic mass is 19.1. The van der Waals surface area contributed by atoms with Crippen molar-refractivity contribution in [2.75, 3.05) is 36.6 Å². The first-order valence-corrected chi connectivity index (χ1v) is 11.6. The number of hydrogen-bond acceptors (Lipinski definition) is 7. The van der Waals surface area contributed by atoms with Gasteiger partial charge in [-0.3, -0.25) is 24.6 Å². The Balaban J connectivity index is 1.39. The number of para-hydroxylation sites is 1. The molecule has 4 unspecified atom stereocenters. The molecule has 5 rings (SSSR count). The van der Waals surface area contributed by atoms with Crippen LogP contribution in [-0.2, 0) is 14.3 Å². The smallest absolute Gasteiger partial charge is 0.306 e. The summed E-state index contributed by atoms with van der Waals surface area (Å²) in [6.07, 6.45) is 1.98. The van der Waals surface area contributed by atoms with Crippen molar-refractivity contribution in [1.29, 1.82) is 0 Å². The molecule has 3 heterocycles. The van der Waals surface area contributed by atoms with E-state index in [1.165, 1.54) is 11.1 Å². The Morgan fingerprint density at radius 2 is 2.03 bits per heavy atom. The second-order valence-corrected chi connectivity index (χ2v) is 9.14. The minimum atomic E-state index is -0.977. The van der Waals surface area contributed by atoms with Crippen LogP contribution < -0.4 is 15.8 Å². The molecule has 0 aromatic heterocycles. The fraction of sp³-hybridized carbons (Fsp3) is 0.417. The van der Waals surface area contributed by atoms with E-state index in [1.54, 1.807) is 0 Å². The molecule has 3 saturated heterocycles. The van der Waals surface area contributed by atoms with Crippen molar-refractivity contribution < 1.29 is 23.6 Å². The van der Waals surface area contributed by atoms with E-state index in [-0.39, 0.29) is 17.7 Å². The SMILES string of the molecule is O=C(Nc1ccc(F)c([N+](=O)[O-])c1)C1CN(CC2CCCO2)CC2C(=O)N(c3ccccc3)NC12. The second-order valence-electron chi connectivity index (χ2n) is 9.14. The van der Waals surface area contributed by atoms with Crippen LogP contribution >= 0.6 is 0 Å². The number of nitro groups is 1. The summed E-state index contributed by atoms with van der Waals surface area (Å²) in [6, 6.07) is 11.9. The van der Waals surface area contributed by atoms with Crippen LogP contribution in [0.15, 0.2) is 48.5 Å². The lowest BCUT2D eigenvalue weighted by Gasteiger charge is -2.39. The third-order valence-electron chi connectivity index (χ3n) is 6.84. The lowest BCUT2D eigenvalue weighted by Crippen LogP contribution is -2.57. The van der Waals surface area contributed by atoms with E-state index in [0.717, 1.165) is 25.0 Å². The average molecular weight is 484 g/mol. The van der Waals surface area contributed by atoms with Gasteiger partial charge in [0.1, 0.15) is 0 Å². The standard InChI is InChI=1S/C24H26FN5O5/c25-20-9-8-15(11-21(20)30(33)34)26-23(31)18-13-28(12-17-7-4-10-35-17)14-19-22(18)27-29(24(19)32)16-5-2-1-3-6-16/h1-3,5-6,8-9,11,17-19,22,27H,4,7,10,12-14H2,(H,26,31). The maximum absolute atomic E-state index is 13.8. The fourth-order valence-electron chi connectivity index (χ4n) is 5.14. The van der Waals surface area contributed by atoms with Crippen LogP contribution in [0.2, 0.25) is 0 Å². The van der Waals surface area contributed by atoms with Crippen LogP contribution in [0.4, 0.5) is 21.5 Å². The number of hydrazine groups is 1.